The lowest BCUT2D eigenvalue weighted by Gasteiger charge is -2.05. The van der Waals surface area contributed by atoms with Crippen molar-refractivity contribution in [1.82, 2.24) is 9.97 Å². The van der Waals surface area contributed by atoms with Gasteiger partial charge in [0.2, 0.25) is 0 Å². The summed E-state index contributed by atoms with van der Waals surface area (Å²) in [5.74, 6) is 0. The van der Waals surface area contributed by atoms with E-state index in [1.807, 2.05) is 25.1 Å². The summed E-state index contributed by atoms with van der Waals surface area (Å²) in [4.78, 5) is 18.8. The van der Waals surface area contributed by atoms with Crippen molar-refractivity contribution >= 4 is 45.8 Å². The van der Waals surface area contributed by atoms with Gasteiger partial charge >= 0.3 is 0 Å². The number of nitrogens with one attached hydrogen (secondary N) is 1. The molecule has 0 aliphatic rings. The Kier molecular flexibility index (Phi) is 4.89. The Hall–Kier alpha value is -2.61. The summed E-state index contributed by atoms with van der Waals surface area (Å²) >= 11 is 11.8. The summed E-state index contributed by atoms with van der Waals surface area (Å²) < 4.78 is 0. The van der Waals surface area contributed by atoms with Crippen molar-refractivity contribution in [2.24, 2.45) is 0 Å². The maximum atomic E-state index is 12.0. The summed E-state index contributed by atoms with van der Waals surface area (Å²) in [6.07, 6.45) is 2.35. The predicted octanol–water partition coefficient (Wildman–Crippen LogP) is 4.86. The van der Waals surface area contributed by atoms with Crippen LogP contribution in [0.15, 0.2) is 41.2 Å². The zero-order chi connectivity index (χ0) is 18.0. The molecule has 0 atom stereocenters. The molecule has 0 aliphatic carbocycles. The van der Waals surface area contributed by atoms with E-state index in [-0.39, 0.29) is 15.9 Å². The molecule has 0 bridgehead atoms. The van der Waals surface area contributed by atoms with Crippen LogP contribution in [0.3, 0.4) is 0 Å². The highest BCUT2D eigenvalue weighted by molar-refractivity contribution is 6.32. The summed E-state index contributed by atoms with van der Waals surface area (Å²) in [6.45, 7) is 1.94. The van der Waals surface area contributed by atoms with Gasteiger partial charge in [-0.25, -0.2) is 4.98 Å². The van der Waals surface area contributed by atoms with Gasteiger partial charge in [0.1, 0.15) is 10.3 Å². The third-order valence-corrected chi connectivity index (χ3v) is 4.22. The molecule has 0 fully saturated rings. The Morgan fingerprint density at radius 1 is 1.24 bits per heavy atom. The van der Waals surface area contributed by atoms with Gasteiger partial charge in [-0.05, 0) is 53.3 Å². The van der Waals surface area contributed by atoms with E-state index in [4.69, 9.17) is 23.2 Å². The molecular weight excluding hydrogens is 357 g/mol. The fourth-order valence-corrected chi connectivity index (χ4v) is 3.07. The highest BCUT2D eigenvalue weighted by Gasteiger charge is 2.07. The Balaban J connectivity index is 2.11. The van der Waals surface area contributed by atoms with Crippen LogP contribution in [0.4, 0.5) is 0 Å². The SMILES string of the molecule is CCc1cc2ccc(/C(C#N)=C/c3cc(Cl)nc(Cl)c3)cc2[nH]c1=O. The molecular formula is C19H13Cl2N3O. The van der Waals surface area contributed by atoms with Gasteiger partial charge in [0.25, 0.3) is 5.56 Å². The number of allylic oxidation sites excluding steroid dienone is 1. The summed E-state index contributed by atoms with van der Waals surface area (Å²) in [6, 6.07) is 12.8. The molecule has 3 aromatic rings. The normalized spacial score (nSPS) is 11.5. The van der Waals surface area contributed by atoms with E-state index in [2.05, 4.69) is 16.0 Å². The smallest absolute Gasteiger partial charge is 0.251 e. The van der Waals surface area contributed by atoms with Crippen LogP contribution < -0.4 is 5.56 Å². The second-order valence-corrected chi connectivity index (χ2v) is 6.27. The second kappa shape index (κ2) is 7.10. The van der Waals surface area contributed by atoms with Gasteiger partial charge in [0, 0.05) is 11.1 Å². The van der Waals surface area contributed by atoms with Crippen molar-refractivity contribution < 1.29 is 0 Å². The fraction of sp³-hybridized carbons (Fsp3) is 0.105. The number of benzene rings is 1. The monoisotopic (exact) mass is 369 g/mol. The van der Waals surface area contributed by atoms with Crippen LogP contribution in [0.2, 0.25) is 10.3 Å². The highest BCUT2D eigenvalue weighted by atomic mass is 35.5. The zero-order valence-electron chi connectivity index (χ0n) is 13.3. The molecule has 0 aliphatic heterocycles. The second-order valence-electron chi connectivity index (χ2n) is 5.50. The Labute approximate surface area is 154 Å². The molecule has 0 spiro atoms. The topological polar surface area (TPSA) is 69.5 Å². The number of fused-ring (bicyclic) bond motifs is 1. The number of aromatic nitrogens is 2. The maximum absolute atomic E-state index is 12.0. The first-order valence-corrected chi connectivity index (χ1v) is 8.37. The molecule has 0 saturated heterocycles. The fourth-order valence-electron chi connectivity index (χ4n) is 2.59. The van der Waals surface area contributed by atoms with Crippen LogP contribution >= 0.6 is 23.2 Å². The lowest BCUT2D eigenvalue weighted by molar-refractivity contribution is 1.08. The van der Waals surface area contributed by atoms with E-state index in [9.17, 15) is 10.1 Å². The molecule has 2 aromatic heterocycles. The Morgan fingerprint density at radius 3 is 2.60 bits per heavy atom. The van der Waals surface area contributed by atoms with Gasteiger partial charge in [0.05, 0.1) is 11.6 Å². The number of nitrogens with zero attached hydrogens (tertiary/aromatic N) is 2. The van der Waals surface area contributed by atoms with E-state index in [1.54, 1.807) is 24.3 Å². The van der Waals surface area contributed by atoms with Crippen molar-refractivity contribution in [3.63, 3.8) is 0 Å². The third-order valence-electron chi connectivity index (χ3n) is 3.83. The maximum Gasteiger partial charge on any atom is 0.251 e. The molecule has 2 heterocycles. The highest BCUT2D eigenvalue weighted by Crippen LogP contribution is 2.24. The van der Waals surface area contributed by atoms with Gasteiger partial charge in [-0.3, -0.25) is 4.79 Å². The molecule has 0 radical (unpaired) electrons. The number of hydrogen-bond acceptors (Lipinski definition) is 3. The first-order valence-electron chi connectivity index (χ1n) is 7.61. The van der Waals surface area contributed by atoms with Crippen molar-refractivity contribution in [1.29, 1.82) is 5.26 Å². The number of aromatic amines is 1. The number of pyridine rings is 2. The van der Waals surface area contributed by atoms with E-state index in [1.165, 1.54) is 0 Å². The quantitative estimate of drug-likeness (QED) is 0.529. The molecule has 1 N–H and O–H groups in total. The van der Waals surface area contributed by atoms with E-state index >= 15 is 0 Å². The van der Waals surface area contributed by atoms with Crippen molar-refractivity contribution in [2.75, 3.05) is 0 Å². The average molecular weight is 370 g/mol. The number of H-pyrrole nitrogens is 1. The van der Waals surface area contributed by atoms with Crippen LogP contribution in [-0.4, -0.2) is 9.97 Å². The zero-order valence-corrected chi connectivity index (χ0v) is 14.8. The third kappa shape index (κ3) is 3.74. The molecule has 1 aromatic carbocycles. The minimum Gasteiger partial charge on any atom is -0.322 e. The predicted molar refractivity (Wildman–Crippen MR) is 102 cm³/mol. The van der Waals surface area contributed by atoms with Crippen LogP contribution in [0, 0.1) is 11.3 Å². The van der Waals surface area contributed by atoms with E-state index in [0.29, 0.717) is 28.6 Å². The molecule has 25 heavy (non-hydrogen) atoms. The Bertz CT molecular complexity index is 1070. The number of aryl methyl sites for hydroxylation is 1. The van der Waals surface area contributed by atoms with Crippen LogP contribution in [-0.2, 0) is 6.42 Å². The summed E-state index contributed by atoms with van der Waals surface area (Å²) in [7, 11) is 0. The van der Waals surface area contributed by atoms with Crippen LogP contribution in [0.5, 0.6) is 0 Å². The van der Waals surface area contributed by atoms with Crippen LogP contribution in [0.1, 0.15) is 23.6 Å². The molecule has 4 nitrogen and oxygen atoms in total. The van der Waals surface area contributed by atoms with Crippen LogP contribution in [0.25, 0.3) is 22.6 Å². The minimum atomic E-state index is -0.109. The van der Waals surface area contributed by atoms with Gasteiger partial charge in [-0.15, -0.1) is 0 Å². The first kappa shape index (κ1) is 17.2. The van der Waals surface area contributed by atoms with E-state index < -0.39 is 0 Å². The van der Waals surface area contributed by atoms with Gasteiger partial charge in [-0.1, -0.05) is 42.3 Å². The number of hydrogen-bond donors (Lipinski definition) is 1. The number of rotatable bonds is 3. The first-order chi connectivity index (χ1) is 12.0. The molecule has 0 saturated carbocycles. The molecule has 3 rings (SSSR count). The standard InChI is InChI=1S/C19H13Cl2N3O/c1-2-12-8-14-4-3-13(9-16(14)23-19(12)25)15(10-22)5-11-6-17(20)24-18(21)7-11/h3-9H,2H2,1H3,(H,23,25)/b15-5+. The summed E-state index contributed by atoms with van der Waals surface area (Å²) in [5.41, 5.74) is 3.11. The molecule has 124 valence electrons. The van der Waals surface area contributed by atoms with Gasteiger partial charge in [-0.2, -0.15) is 5.26 Å². The summed E-state index contributed by atoms with van der Waals surface area (Å²) in [5, 5.41) is 11.0. The minimum absolute atomic E-state index is 0.109. The number of halogens is 2. The molecule has 0 amide bonds. The average Bonchev–Trinajstić information content (AvgIpc) is 2.57. The molecule has 6 heteroatoms. The Morgan fingerprint density at radius 2 is 1.96 bits per heavy atom. The van der Waals surface area contributed by atoms with E-state index in [0.717, 1.165) is 10.9 Å². The lowest BCUT2D eigenvalue weighted by atomic mass is 10.0. The largest absolute Gasteiger partial charge is 0.322 e. The van der Waals surface area contributed by atoms with Crippen molar-refractivity contribution in [2.45, 2.75) is 13.3 Å². The number of nitriles is 1. The van der Waals surface area contributed by atoms with Crippen molar-refractivity contribution in [3.8, 4) is 6.07 Å². The van der Waals surface area contributed by atoms with Gasteiger partial charge in [0.15, 0.2) is 0 Å². The van der Waals surface area contributed by atoms with Gasteiger partial charge < -0.3 is 4.98 Å². The lowest BCUT2D eigenvalue weighted by Crippen LogP contribution is -2.11. The molecule has 0 unspecified atom stereocenters. The van der Waals surface area contributed by atoms with Crippen molar-refractivity contribution in [3.05, 3.63) is 73.7 Å².